The molecule has 0 aliphatic rings. The van der Waals surface area contributed by atoms with Crippen LogP contribution in [0.2, 0.25) is 0 Å². The molecule has 0 aliphatic heterocycles. The number of benzene rings is 1. The van der Waals surface area contributed by atoms with Crippen LogP contribution in [-0.2, 0) is 4.74 Å². The van der Waals surface area contributed by atoms with E-state index in [1.54, 1.807) is 13.2 Å². The van der Waals surface area contributed by atoms with E-state index in [9.17, 15) is 4.39 Å². The zero-order chi connectivity index (χ0) is 12.0. The average Bonchev–Trinajstić information content (AvgIpc) is 2.20. The van der Waals surface area contributed by atoms with E-state index in [1.165, 1.54) is 12.1 Å². The third kappa shape index (κ3) is 4.00. The summed E-state index contributed by atoms with van der Waals surface area (Å²) in [5, 5.41) is 5.88. The first-order valence-electron chi connectivity index (χ1n) is 4.72. The first-order valence-corrected chi connectivity index (χ1v) is 5.13. The lowest BCUT2D eigenvalue weighted by molar-refractivity contribution is 0.211. The van der Waals surface area contributed by atoms with Gasteiger partial charge in [0.1, 0.15) is 5.82 Å². The highest BCUT2D eigenvalue weighted by Crippen LogP contribution is 2.22. The molecule has 88 valence electrons. The minimum atomic E-state index is -0.351. The number of methoxy groups -OCH3 is 1. The predicted octanol–water partition coefficient (Wildman–Crippen LogP) is 1.54. The van der Waals surface area contributed by atoms with Crippen molar-refractivity contribution < 1.29 is 9.13 Å². The maximum Gasteiger partial charge on any atom is 0.168 e. The van der Waals surface area contributed by atoms with Gasteiger partial charge >= 0.3 is 0 Å². The standard InChI is InChI=1S/C10H14FN3OS/c1-15-5-4-13-8-3-2-7(11)6-9(8)14-10(12)16/h2-3,6,13H,4-5H2,1H3,(H3,12,14,16). The SMILES string of the molecule is COCCNc1ccc(F)cc1NC(N)=S. The lowest BCUT2D eigenvalue weighted by Crippen LogP contribution is -2.20. The van der Waals surface area contributed by atoms with Gasteiger partial charge in [0, 0.05) is 13.7 Å². The zero-order valence-electron chi connectivity index (χ0n) is 8.92. The van der Waals surface area contributed by atoms with Crippen LogP contribution in [0.4, 0.5) is 15.8 Å². The topological polar surface area (TPSA) is 59.3 Å². The summed E-state index contributed by atoms with van der Waals surface area (Å²) in [6, 6.07) is 4.31. The van der Waals surface area contributed by atoms with Crippen LogP contribution in [0.1, 0.15) is 0 Å². The van der Waals surface area contributed by atoms with Gasteiger partial charge in [-0.3, -0.25) is 0 Å². The Kier molecular flexibility index (Phi) is 4.94. The fraction of sp³-hybridized carbons (Fsp3) is 0.300. The number of ether oxygens (including phenoxy) is 1. The number of hydrogen-bond donors (Lipinski definition) is 3. The maximum atomic E-state index is 13.0. The van der Waals surface area contributed by atoms with Crippen molar-refractivity contribution in [1.82, 2.24) is 0 Å². The molecular formula is C10H14FN3OS. The number of nitrogens with two attached hydrogens (primary N) is 1. The molecule has 0 aromatic heterocycles. The molecule has 1 aromatic rings. The number of rotatable bonds is 5. The molecule has 4 nitrogen and oxygen atoms in total. The quantitative estimate of drug-likeness (QED) is 0.541. The Hall–Kier alpha value is -1.40. The van der Waals surface area contributed by atoms with Gasteiger partial charge in [0.05, 0.1) is 18.0 Å². The molecule has 0 unspecified atom stereocenters. The molecule has 0 amide bonds. The van der Waals surface area contributed by atoms with Gasteiger partial charge in [-0.05, 0) is 30.4 Å². The van der Waals surface area contributed by atoms with Crippen molar-refractivity contribution in [3.8, 4) is 0 Å². The van der Waals surface area contributed by atoms with Crippen LogP contribution >= 0.6 is 12.2 Å². The summed E-state index contributed by atoms with van der Waals surface area (Å²) >= 11 is 4.71. The van der Waals surface area contributed by atoms with Crippen LogP contribution in [0.3, 0.4) is 0 Å². The Morgan fingerprint density at radius 1 is 1.50 bits per heavy atom. The van der Waals surface area contributed by atoms with E-state index < -0.39 is 0 Å². The lowest BCUT2D eigenvalue weighted by Gasteiger charge is -2.12. The van der Waals surface area contributed by atoms with Gasteiger partial charge in [0.2, 0.25) is 0 Å². The van der Waals surface area contributed by atoms with E-state index in [1.807, 2.05) is 0 Å². The third-order valence-electron chi connectivity index (χ3n) is 1.86. The van der Waals surface area contributed by atoms with Gasteiger partial charge in [-0.1, -0.05) is 0 Å². The van der Waals surface area contributed by atoms with E-state index in [2.05, 4.69) is 10.6 Å². The molecule has 0 bridgehead atoms. The normalized spacial score (nSPS) is 9.88. The minimum absolute atomic E-state index is 0.0976. The highest BCUT2D eigenvalue weighted by molar-refractivity contribution is 7.80. The molecule has 0 fully saturated rings. The molecule has 16 heavy (non-hydrogen) atoms. The summed E-state index contributed by atoms with van der Waals surface area (Å²) in [5.74, 6) is -0.351. The first-order chi connectivity index (χ1) is 7.63. The molecule has 4 N–H and O–H groups in total. The van der Waals surface area contributed by atoms with Crippen LogP contribution < -0.4 is 16.4 Å². The lowest BCUT2D eigenvalue weighted by atomic mass is 10.2. The van der Waals surface area contributed by atoms with E-state index in [4.69, 9.17) is 22.7 Å². The Labute approximate surface area is 99.0 Å². The number of anilines is 2. The largest absolute Gasteiger partial charge is 0.383 e. The maximum absolute atomic E-state index is 13.0. The summed E-state index contributed by atoms with van der Waals surface area (Å²) < 4.78 is 17.9. The molecule has 0 aliphatic carbocycles. The molecule has 1 rings (SSSR count). The number of thiocarbonyl (C=S) groups is 1. The van der Waals surface area contributed by atoms with Crippen LogP contribution in [0.5, 0.6) is 0 Å². The fourth-order valence-electron chi connectivity index (χ4n) is 1.19. The van der Waals surface area contributed by atoms with Gasteiger partial charge < -0.3 is 21.1 Å². The highest BCUT2D eigenvalue weighted by atomic mass is 32.1. The molecular weight excluding hydrogens is 229 g/mol. The van der Waals surface area contributed by atoms with Gasteiger partial charge in [-0.25, -0.2) is 4.39 Å². The van der Waals surface area contributed by atoms with E-state index in [0.717, 1.165) is 5.69 Å². The average molecular weight is 243 g/mol. The Balaban J connectivity index is 2.76. The first kappa shape index (κ1) is 12.7. The summed E-state index contributed by atoms with van der Waals surface area (Å²) in [6.07, 6.45) is 0. The second-order valence-electron chi connectivity index (χ2n) is 3.10. The summed E-state index contributed by atoms with van der Waals surface area (Å²) in [7, 11) is 1.61. The van der Waals surface area contributed by atoms with Crippen molar-refractivity contribution in [2.24, 2.45) is 5.73 Å². The Morgan fingerprint density at radius 2 is 2.25 bits per heavy atom. The zero-order valence-corrected chi connectivity index (χ0v) is 9.73. The predicted molar refractivity (Wildman–Crippen MR) is 67.2 cm³/mol. The smallest absolute Gasteiger partial charge is 0.168 e. The summed E-state index contributed by atoms with van der Waals surface area (Å²) in [4.78, 5) is 0. The van der Waals surface area contributed by atoms with E-state index >= 15 is 0 Å². The van der Waals surface area contributed by atoms with Gasteiger partial charge in [-0.2, -0.15) is 0 Å². The molecule has 0 spiro atoms. The molecule has 0 saturated heterocycles. The minimum Gasteiger partial charge on any atom is -0.383 e. The monoisotopic (exact) mass is 243 g/mol. The van der Waals surface area contributed by atoms with Crippen molar-refractivity contribution >= 4 is 28.7 Å². The third-order valence-corrected chi connectivity index (χ3v) is 1.96. The second kappa shape index (κ2) is 6.24. The van der Waals surface area contributed by atoms with E-state index in [0.29, 0.717) is 18.8 Å². The van der Waals surface area contributed by atoms with Crippen LogP contribution in [0.15, 0.2) is 18.2 Å². The number of nitrogens with one attached hydrogen (secondary N) is 2. The van der Waals surface area contributed by atoms with Crippen LogP contribution in [0, 0.1) is 5.82 Å². The molecule has 1 aromatic carbocycles. The Morgan fingerprint density at radius 3 is 2.88 bits per heavy atom. The molecule has 6 heteroatoms. The molecule has 0 atom stereocenters. The van der Waals surface area contributed by atoms with Crippen molar-refractivity contribution in [2.75, 3.05) is 30.9 Å². The molecule has 0 heterocycles. The van der Waals surface area contributed by atoms with E-state index in [-0.39, 0.29) is 10.9 Å². The summed E-state index contributed by atoms with van der Waals surface area (Å²) in [6.45, 7) is 1.18. The summed E-state index contributed by atoms with van der Waals surface area (Å²) in [5.41, 5.74) is 6.59. The Bertz CT molecular complexity index is 373. The highest BCUT2D eigenvalue weighted by Gasteiger charge is 2.04. The molecule has 0 radical (unpaired) electrons. The second-order valence-corrected chi connectivity index (χ2v) is 3.54. The van der Waals surface area contributed by atoms with Crippen LogP contribution in [-0.4, -0.2) is 25.4 Å². The van der Waals surface area contributed by atoms with Gasteiger partial charge in [0.15, 0.2) is 5.11 Å². The van der Waals surface area contributed by atoms with Gasteiger partial charge in [-0.15, -0.1) is 0 Å². The van der Waals surface area contributed by atoms with Gasteiger partial charge in [0.25, 0.3) is 0 Å². The van der Waals surface area contributed by atoms with Crippen molar-refractivity contribution in [1.29, 1.82) is 0 Å². The number of hydrogen-bond acceptors (Lipinski definition) is 3. The van der Waals surface area contributed by atoms with Crippen molar-refractivity contribution in [2.45, 2.75) is 0 Å². The molecule has 0 saturated carbocycles. The number of halogens is 1. The fourth-order valence-corrected chi connectivity index (χ4v) is 1.30. The van der Waals surface area contributed by atoms with Crippen LogP contribution in [0.25, 0.3) is 0 Å². The van der Waals surface area contributed by atoms with Crippen molar-refractivity contribution in [3.63, 3.8) is 0 Å². The van der Waals surface area contributed by atoms with Crippen molar-refractivity contribution in [3.05, 3.63) is 24.0 Å².